The normalized spacial score (nSPS) is 21.0. The highest BCUT2D eigenvalue weighted by Crippen LogP contribution is 2.28. The largest absolute Gasteiger partial charge is 0.444 e. The summed E-state index contributed by atoms with van der Waals surface area (Å²) in [6.07, 6.45) is 5.19. The van der Waals surface area contributed by atoms with Crippen LogP contribution >= 0.6 is 11.6 Å². The molecular weight excluding hydrogens is 427 g/mol. The SMILES string of the molecule is O=C(O[C@H]1CCOC1)N1CC[C@@H](Nc2nc(-c3c[nH]c4ncc(Cl)cc34)ncc2F)C1. The Kier molecular flexibility index (Phi) is 5.33. The molecule has 162 valence electrons. The number of halogens is 2. The van der Waals surface area contributed by atoms with E-state index in [4.69, 9.17) is 21.1 Å². The Morgan fingerprint density at radius 3 is 3.10 bits per heavy atom. The number of amides is 1. The van der Waals surface area contributed by atoms with Gasteiger partial charge in [-0.05, 0) is 12.5 Å². The Morgan fingerprint density at radius 1 is 1.35 bits per heavy atom. The lowest BCUT2D eigenvalue weighted by Gasteiger charge is -2.19. The van der Waals surface area contributed by atoms with Crippen molar-refractivity contribution in [2.24, 2.45) is 0 Å². The van der Waals surface area contributed by atoms with Gasteiger partial charge in [-0.3, -0.25) is 0 Å². The molecule has 0 spiro atoms. The van der Waals surface area contributed by atoms with E-state index in [1.807, 2.05) is 0 Å². The molecule has 2 atom stereocenters. The number of aromatic amines is 1. The lowest BCUT2D eigenvalue weighted by molar-refractivity contribution is 0.0595. The van der Waals surface area contributed by atoms with Crippen molar-refractivity contribution in [1.29, 1.82) is 0 Å². The number of hydrogen-bond acceptors (Lipinski definition) is 7. The van der Waals surface area contributed by atoms with Gasteiger partial charge in [-0.25, -0.2) is 24.1 Å². The number of aromatic nitrogens is 4. The van der Waals surface area contributed by atoms with Crippen molar-refractivity contribution < 1.29 is 18.7 Å². The number of anilines is 1. The van der Waals surface area contributed by atoms with Crippen LogP contribution in [0.3, 0.4) is 0 Å². The summed E-state index contributed by atoms with van der Waals surface area (Å²) in [6.45, 7) is 1.97. The molecule has 0 saturated carbocycles. The molecule has 5 rings (SSSR count). The number of carbonyl (C=O) groups is 1. The van der Waals surface area contributed by atoms with Crippen molar-refractivity contribution in [3.8, 4) is 11.4 Å². The average molecular weight is 447 g/mol. The molecule has 5 heterocycles. The molecule has 2 fully saturated rings. The van der Waals surface area contributed by atoms with E-state index in [0.29, 0.717) is 61.2 Å². The summed E-state index contributed by atoms with van der Waals surface area (Å²) in [4.78, 5) is 29.7. The molecule has 0 bridgehead atoms. The number of rotatable bonds is 4. The third-order valence-electron chi connectivity index (χ3n) is 5.43. The minimum atomic E-state index is -0.566. The van der Waals surface area contributed by atoms with E-state index < -0.39 is 5.82 Å². The molecule has 0 radical (unpaired) electrons. The van der Waals surface area contributed by atoms with Crippen molar-refractivity contribution in [2.75, 3.05) is 31.6 Å². The van der Waals surface area contributed by atoms with Gasteiger partial charge < -0.3 is 24.7 Å². The highest BCUT2D eigenvalue weighted by Gasteiger charge is 2.30. The summed E-state index contributed by atoms with van der Waals surface area (Å²) < 4.78 is 25.1. The molecule has 9 nitrogen and oxygen atoms in total. The summed E-state index contributed by atoms with van der Waals surface area (Å²) >= 11 is 6.06. The molecule has 2 aliphatic heterocycles. The van der Waals surface area contributed by atoms with Gasteiger partial charge in [0.15, 0.2) is 17.5 Å². The zero-order valence-electron chi connectivity index (χ0n) is 16.5. The van der Waals surface area contributed by atoms with E-state index in [0.717, 1.165) is 11.6 Å². The van der Waals surface area contributed by atoms with Crippen molar-refractivity contribution in [3.05, 3.63) is 35.5 Å². The Bertz CT molecular complexity index is 1120. The number of nitrogens with zero attached hydrogens (tertiary/aromatic N) is 4. The molecule has 3 aromatic heterocycles. The predicted molar refractivity (Wildman–Crippen MR) is 111 cm³/mol. The molecule has 2 aliphatic rings. The van der Waals surface area contributed by atoms with Crippen molar-refractivity contribution in [3.63, 3.8) is 0 Å². The van der Waals surface area contributed by atoms with Gasteiger partial charge >= 0.3 is 6.09 Å². The number of nitrogens with one attached hydrogen (secondary N) is 2. The fourth-order valence-corrected chi connectivity index (χ4v) is 3.98. The van der Waals surface area contributed by atoms with E-state index >= 15 is 0 Å². The fraction of sp³-hybridized carbons (Fsp3) is 0.400. The number of pyridine rings is 1. The van der Waals surface area contributed by atoms with E-state index in [1.165, 1.54) is 0 Å². The standard InChI is InChI=1S/C20H20ClFN6O3/c21-11-5-14-15(7-24-17(14)23-6-11)18-25-8-16(22)19(27-18)26-12-1-3-28(9-12)20(29)31-13-2-4-30-10-13/h5-8,12-13H,1-4,9-10H2,(H,23,24)(H,25,26,27)/t12-,13+/m1/s1. The number of ether oxygens (including phenoxy) is 2. The molecule has 1 amide bonds. The van der Waals surface area contributed by atoms with Crippen LogP contribution in [0.25, 0.3) is 22.4 Å². The lowest BCUT2D eigenvalue weighted by Crippen LogP contribution is -2.34. The first-order valence-corrected chi connectivity index (χ1v) is 10.4. The van der Waals surface area contributed by atoms with Gasteiger partial charge in [0.1, 0.15) is 11.8 Å². The second kappa shape index (κ2) is 8.27. The monoisotopic (exact) mass is 446 g/mol. The molecule has 0 unspecified atom stereocenters. The van der Waals surface area contributed by atoms with Gasteiger partial charge in [0.05, 0.1) is 24.4 Å². The average Bonchev–Trinajstić information content (AvgIpc) is 3.50. The Morgan fingerprint density at radius 2 is 2.26 bits per heavy atom. The first-order valence-electron chi connectivity index (χ1n) is 10.0. The van der Waals surface area contributed by atoms with Crippen molar-refractivity contribution in [1.82, 2.24) is 24.8 Å². The first-order chi connectivity index (χ1) is 15.1. The maximum atomic E-state index is 14.4. The van der Waals surface area contributed by atoms with Crippen LogP contribution in [0.1, 0.15) is 12.8 Å². The zero-order chi connectivity index (χ0) is 21.4. The second-order valence-corrected chi connectivity index (χ2v) is 8.02. The Hall–Kier alpha value is -2.98. The van der Waals surface area contributed by atoms with Gasteiger partial charge in [-0.2, -0.15) is 0 Å². The van der Waals surface area contributed by atoms with Crippen LogP contribution in [0, 0.1) is 5.82 Å². The number of H-pyrrole nitrogens is 1. The Labute approximate surface area is 181 Å². The van der Waals surface area contributed by atoms with Crippen LogP contribution in [0.2, 0.25) is 5.02 Å². The number of carbonyl (C=O) groups excluding carboxylic acids is 1. The minimum absolute atomic E-state index is 0.0822. The predicted octanol–water partition coefficient (Wildman–Crippen LogP) is 3.22. The topological polar surface area (TPSA) is 105 Å². The van der Waals surface area contributed by atoms with E-state index in [9.17, 15) is 9.18 Å². The van der Waals surface area contributed by atoms with Crippen molar-refractivity contribution in [2.45, 2.75) is 25.0 Å². The molecule has 2 N–H and O–H groups in total. The fourth-order valence-electron chi connectivity index (χ4n) is 3.82. The number of hydrogen-bond donors (Lipinski definition) is 2. The van der Waals surface area contributed by atoms with E-state index in [-0.39, 0.29) is 24.1 Å². The summed E-state index contributed by atoms with van der Waals surface area (Å²) in [5.74, 6) is -0.141. The maximum Gasteiger partial charge on any atom is 0.410 e. The van der Waals surface area contributed by atoms with Crippen molar-refractivity contribution >= 4 is 34.5 Å². The molecule has 0 aliphatic carbocycles. The van der Waals surface area contributed by atoms with Crippen LogP contribution in [0.15, 0.2) is 24.7 Å². The second-order valence-electron chi connectivity index (χ2n) is 7.59. The first kappa shape index (κ1) is 20.0. The highest BCUT2D eigenvalue weighted by molar-refractivity contribution is 6.31. The van der Waals surface area contributed by atoms with Crippen LogP contribution < -0.4 is 5.32 Å². The number of likely N-dealkylation sites (tertiary alicyclic amines) is 1. The van der Waals surface area contributed by atoms with E-state index in [2.05, 4.69) is 25.3 Å². The summed E-state index contributed by atoms with van der Waals surface area (Å²) in [6, 6.07) is 1.61. The summed E-state index contributed by atoms with van der Waals surface area (Å²) in [5.41, 5.74) is 1.31. The maximum absolute atomic E-state index is 14.4. The molecule has 31 heavy (non-hydrogen) atoms. The van der Waals surface area contributed by atoms with E-state index in [1.54, 1.807) is 23.4 Å². The van der Waals surface area contributed by atoms with Gasteiger partial charge in [0, 0.05) is 48.9 Å². The third-order valence-corrected chi connectivity index (χ3v) is 5.63. The van der Waals surface area contributed by atoms with Crippen LogP contribution in [0.4, 0.5) is 15.0 Å². The third kappa shape index (κ3) is 4.13. The Balaban J connectivity index is 1.30. The van der Waals surface area contributed by atoms with Crippen LogP contribution in [-0.4, -0.2) is 69.4 Å². The number of fused-ring (bicyclic) bond motifs is 1. The minimum Gasteiger partial charge on any atom is -0.444 e. The van der Waals surface area contributed by atoms with Crippen LogP contribution in [0.5, 0.6) is 0 Å². The van der Waals surface area contributed by atoms with Gasteiger partial charge in [0.2, 0.25) is 0 Å². The van der Waals surface area contributed by atoms with Gasteiger partial charge in [0.25, 0.3) is 0 Å². The zero-order valence-corrected chi connectivity index (χ0v) is 17.2. The summed E-state index contributed by atoms with van der Waals surface area (Å²) in [5, 5.41) is 4.33. The highest BCUT2D eigenvalue weighted by atomic mass is 35.5. The van der Waals surface area contributed by atoms with Crippen LogP contribution in [-0.2, 0) is 9.47 Å². The van der Waals surface area contributed by atoms with Gasteiger partial charge in [-0.1, -0.05) is 11.6 Å². The molecule has 0 aromatic carbocycles. The molecule has 11 heteroatoms. The van der Waals surface area contributed by atoms with Gasteiger partial charge in [-0.15, -0.1) is 0 Å². The lowest BCUT2D eigenvalue weighted by atomic mass is 10.2. The smallest absolute Gasteiger partial charge is 0.410 e. The molecule has 3 aromatic rings. The molecular formula is C20H20ClFN6O3. The summed E-state index contributed by atoms with van der Waals surface area (Å²) in [7, 11) is 0. The quantitative estimate of drug-likeness (QED) is 0.633. The molecule has 2 saturated heterocycles.